The Morgan fingerprint density at radius 2 is 1.90 bits per heavy atom. The normalized spacial score (nSPS) is 8.00. The second-order valence-electron chi connectivity index (χ2n) is 1.38. The molecule has 0 radical (unpaired) electrons. The standard InChI is InChI=1S/C5H4N2O2.Na/c8-5(9)4-6-2-1-3-7-4;/h1-3H,(H,8,9);/q;+1. The summed E-state index contributed by atoms with van der Waals surface area (Å²) >= 11 is 0. The SMILES string of the molecule is O=C(O)c1ncccn1.[Na+]. The monoisotopic (exact) mass is 147 g/mol. The molecule has 0 saturated carbocycles. The molecule has 0 aliphatic rings. The first kappa shape index (κ1) is 9.55. The average molecular weight is 147 g/mol. The van der Waals surface area contributed by atoms with E-state index >= 15 is 0 Å². The largest absolute Gasteiger partial charge is 1.00 e. The van der Waals surface area contributed by atoms with Gasteiger partial charge in [-0.1, -0.05) is 0 Å². The number of nitrogens with zero attached hydrogens (tertiary/aromatic N) is 2. The Morgan fingerprint density at radius 3 is 2.20 bits per heavy atom. The van der Waals surface area contributed by atoms with Gasteiger partial charge in [0.05, 0.1) is 0 Å². The van der Waals surface area contributed by atoms with Crippen LogP contribution in [0, 0.1) is 0 Å². The zero-order chi connectivity index (χ0) is 6.69. The number of rotatable bonds is 1. The number of aromatic carboxylic acids is 1. The predicted molar refractivity (Wildman–Crippen MR) is 29.0 cm³/mol. The van der Waals surface area contributed by atoms with Gasteiger partial charge in [0, 0.05) is 12.4 Å². The Balaban J connectivity index is 0.000000810. The summed E-state index contributed by atoms with van der Waals surface area (Å²) in [5.41, 5.74) is 0. The molecule has 0 aliphatic heterocycles. The first-order valence-corrected chi connectivity index (χ1v) is 2.31. The van der Waals surface area contributed by atoms with Gasteiger partial charge in [-0.2, -0.15) is 0 Å². The zero-order valence-corrected chi connectivity index (χ0v) is 7.48. The van der Waals surface area contributed by atoms with E-state index in [4.69, 9.17) is 5.11 Å². The molecule has 0 saturated heterocycles. The summed E-state index contributed by atoms with van der Waals surface area (Å²) in [5.74, 6) is -1.27. The molecule has 0 atom stereocenters. The Bertz CT molecular complexity index is 214. The maximum Gasteiger partial charge on any atom is 1.00 e. The van der Waals surface area contributed by atoms with Gasteiger partial charge in [-0.15, -0.1) is 0 Å². The smallest absolute Gasteiger partial charge is 0.475 e. The van der Waals surface area contributed by atoms with Crippen LogP contribution in [0.3, 0.4) is 0 Å². The van der Waals surface area contributed by atoms with Gasteiger partial charge in [0.15, 0.2) is 0 Å². The minimum Gasteiger partial charge on any atom is -0.475 e. The van der Waals surface area contributed by atoms with Crippen molar-refractivity contribution < 1.29 is 39.5 Å². The summed E-state index contributed by atoms with van der Waals surface area (Å²) in [4.78, 5) is 17.0. The van der Waals surface area contributed by atoms with Crippen molar-refractivity contribution in [3.05, 3.63) is 24.3 Å². The minimum absolute atomic E-state index is 0. The van der Waals surface area contributed by atoms with Crippen molar-refractivity contribution in [1.82, 2.24) is 9.97 Å². The molecule has 46 valence electrons. The average Bonchev–Trinajstić information content (AvgIpc) is 1.90. The quantitative estimate of drug-likeness (QED) is 0.435. The molecule has 1 N–H and O–H groups in total. The van der Waals surface area contributed by atoms with Crippen LogP contribution < -0.4 is 29.6 Å². The molecule has 1 rings (SSSR count). The van der Waals surface area contributed by atoms with Crippen molar-refractivity contribution in [2.24, 2.45) is 0 Å². The summed E-state index contributed by atoms with van der Waals surface area (Å²) in [6.45, 7) is 0. The molecule has 5 heteroatoms. The van der Waals surface area contributed by atoms with E-state index in [0.717, 1.165) is 0 Å². The van der Waals surface area contributed by atoms with Crippen molar-refractivity contribution >= 4 is 5.97 Å². The molecule has 1 heterocycles. The Hall–Kier alpha value is -0.450. The third kappa shape index (κ3) is 2.43. The van der Waals surface area contributed by atoms with Gasteiger partial charge >= 0.3 is 35.5 Å². The van der Waals surface area contributed by atoms with Gasteiger partial charge in [0.2, 0.25) is 5.82 Å². The van der Waals surface area contributed by atoms with E-state index in [-0.39, 0.29) is 35.4 Å². The van der Waals surface area contributed by atoms with E-state index in [9.17, 15) is 4.79 Å². The number of hydrogen-bond acceptors (Lipinski definition) is 3. The molecular formula is C5H4N2NaO2+. The van der Waals surface area contributed by atoms with Gasteiger partial charge in [-0.3, -0.25) is 0 Å². The van der Waals surface area contributed by atoms with E-state index in [1.165, 1.54) is 12.4 Å². The Labute approximate surface area is 79.6 Å². The second kappa shape index (κ2) is 4.38. The fraction of sp³-hybridized carbons (Fsp3) is 0. The summed E-state index contributed by atoms with van der Waals surface area (Å²) in [5, 5.41) is 8.26. The van der Waals surface area contributed by atoms with Gasteiger partial charge in [-0.05, 0) is 6.07 Å². The maximum absolute atomic E-state index is 10.1. The first-order valence-electron chi connectivity index (χ1n) is 2.31. The van der Waals surface area contributed by atoms with Crippen molar-refractivity contribution in [1.29, 1.82) is 0 Å². The minimum atomic E-state index is -1.10. The molecule has 0 aliphatic carbocycles. The van der Waals surface area contributed by atoms with E-state index in [0.29, 0.717) is 0 Å². The van der Waals surface area contributed by atoms with Gasteiger partial charge in [0.1, 0.15) is 0 Å². The number of hydrogen-bond donors (Lipinski definition) is 1. The second-order valence-corrected chi connectivity index (χ2v) is 1.38. The van der Waals surface area contributed by atoms with Crippen LogP contribution in [0.15, 0.2) is 18.5 Å². The molecule has 0 unspecified atom stereocenters. The van der Waals surface area contributed by atoms with E-state index < -0.39 is 5.97 Å². The van der Waals surface area contributed by atoms with Crippen LogP contribution in [0.25, 0.3) is 0 Å². The predicted octanol–water partition coefficient (Wildman–Crippen LogP) is -2.82. The molecule has 4 nitrogen and oxygen atoms in total. The molecule has 10 heavy (non-hydrogen) atoms. The van der Waals surface area contributed by atoms with Crippen LogP contribution in [0.5, 0.6) is 0 Å². The summed E-state index contributed by atoms with van der Waals surface area (Å²) < 4.78 is 0. The number of carbonyl (C=O) groups is 1. The van der Waals surface area contributed by atoms with E-state index in [2.05, 4.69) is 9.97 Å². The summed E-state index contributed by atoms with van der Waals surface area (Å²) in [6, 6.07) is 1.56. The van der Waals surface area contributed by atoms with Crippen molar-refractivity contribution in [3.8, 4) is 0 Å². The van der Waals surface area contributed by atoms with Crippen molar-refractivity contribution in [2.45, 2.75) is 0 Å². The first-order chi connectivity index (χ1) is 4.30. The van der Waals surface area contributed by atoms with Crippen LogP contribution in [-0.2, 0) is 0 Å². The van der Waals surface area contributed by atoms with Crippen LogP contribution in [0.1, 0.15) is 10.6 Å². The van der Waals surface area contributed by atoms with Crippen LogP contribution >= 0.6 is 0 Å². The van der Waals surface area contributed by atoms with Gasteiger partial charge in [0.25, 0.3) is 0 Å². The van der Waals surface area contributed by atoms with E-state index in [1.54, 1.807) is 6.07 Å². The van der Waals surface area contributed by atoms with Crippen LogP contribution in [0.2, 0.25) is 0 Å². The third-order valence-electron chi connectivity index (χ3n) is 0.757. The maximum atomic E-state index is 10.1. The van der Waals surface area contributed by atoms with Crippen LogP contribution in [-0.4, -0.2) is 21.0 Å². The van der Waals surface area contributed by atoms with Crippen molar-refractivity contribution in [2.75, 3.05) is 0 Å². The van der Waals surface area contributed by atoms with E-state index in [1.807, 2.05) is 0 Å². The molecule has 1 aromatic rings. The molecule has 0 amide bonds. The fourth-order valence-electron chi connectivity index (χ4n) is 0.410. The molecule has 0 fully saturated rings. The topological polar surface area (TPSA) is 63.1 Å². The molecule has 0 aromatic carbocycles. The molecule has 0 bridgehead atoms. The van der Waals surface area contributed by atoms with Crippen LogP contribution in [0.4, 0.5) is 0 Å². The third-order valence-corrected chi connectivity index (χ3v) is 0.757. The molecular weight excluding hydrogens is 143 g/mol. The molecule has 1 aromatic heterocycles. The fourth-order valence-corrected chi connectivity index (χ4v) is 0.410. The summed E-state index contributed by atoms with van der Waals surface area (Å²) in [7, 11) is 0. The Morgan fingerprint density at radius 1 is 1.40 bits per heavy atom. The zero-order valence-electron chi connectivity index (χ0n) is 5.48. The van der Waals surface area contributed by atoms with Gasteiger partial charge in [-0.25, -0.2) is 14.8 Å². The number of aromatic nitrogens is 2. The van der Waals surface area contributed by atoms with Crippen molar-refractivity contribution in [3.63, 3.8) is 0 Å². The van der Waals surface area contributed by atoms with Gasteiger partial charge < -0.3 is 5.11 Å². The number of carboxylic acids is 1. The molecule has 0 spiro atoms. The summed E-state index contributed by atoms with van der Waals surface area (Å²) in [6.07, 6.45) is 2.77. The number of carboxylic acid groups (broad SMARTS) is 1. The Kier molecular flexibility index (Phi) is 4.18.